The molecule has 3 heteroatoms. The first-order chi connectivity index (χ1) is 9.07. The van der Waals surface area contributed by atoms with Crippen LogP contribution in [0.5, 0.6) is 0 Å². The highest BCUT2D eigenvalue weighted by Gasteiger charge is 2.40. The van der Waals surface area contributed by atoms with Crippen molar-refractivity contribution in [1.82, 2.24) is 10.2 Å². The third-order valence-electron chi connectivity index (χ3n) is 5.28. The summed E-state index contributed by atoms with van der Waals surface area (Å²) in [6.45, 7) is 5.40. The number of nitrogens with one attached hydrogen (secondary N) is 1. The molecule has 0 aromatic heterocycles. The zero-order valence-corrected chi connectivity index (χ0v) is 12.9. The van der Waals surface area contributed by atoms with Crippen molar-refractivity contribution in [2.45, 2.75) is 77.3 Å². The van der Waals surface area contributed by atoms with Gasteiger partial charge in [-0.25, -0.2) is 0 Å². The highest BCUT2D eigenvalue weighted by atomic mass is 16.2. The Balaban J connectivity index is 1.87. The molecule has 2 saturated carbocycles. The van der Waals surface area contributed by atoms with Crippen LogP contribution in [0.15, 0.2) is 0 Å². The summed E-state index contributed by atoms with van der Waals surface area (Å²) in [5.41, 5.74) is -0.0622. The molecule has 2 aliphatic carbocycles. The molecule has 0 aromatic rings. The van der Waals surface area contributed by atoms with E-state index in [9.17, 15) is 4.79 Å². The number of rotatable bonds is 4. The first-order valence-corrected chi connectivity index (χ1v) is 8.07. The van der Waals surface area contributed by atoms with Gasteiger partial charge in [0.1, 0.15) is 0 Å². The predicted molar refractivity (Wildman–Crippen MR) is 79.1 cm³/mol. The average molecular weight is 266 g/mol. The first-order valence-electron chi connectivity index (χ1n) is 8.07. The Morgan fingerprint density at radius 3 is 2.32 bits per heavy atom. The number of amides is 1. The lowest BCUT2D eigenvalue weighted by atomic mass is 9.84. The molecule has 0 saturated heterocycles. The van der Waals surface area contributed by atoms with Crippen molar-refractivity contribution in [2.24, 2.45) is 5.41 Å². The highest BCUT2D eigenvalue weighted by Crippen LogP contribution is 2.40. The van der Waals surface area contributed by atoms with E-state index in [1.165, 1.54) is 25.7 Å². The second kappa shape index (κ2) is 6.25. The number of carbonyl (C=O) groups is 1. The van der Waals surface area contributed by atoms with Crippen LogP contribution in [0.3, 0.4) is 0 Å². The Kier molecular flexibility index (Phi) is 4.88. The molecule has 0 heterocycles. The smallest absolute Gasteiger partial charge is 0.228 e. The van der Waals surface area contributed by atoms with Crippen LogP contribution in [0.25, 0.3) is 0 Å². The number of nitrogens with zero attached hydrogens (tertiary/aromatic N) is 1. The standard InChI is InChI=1S/C16H30N2O/c1-4-17-13-7-9-14(10-8-13)18(3)15(19)16(2)11-5-6-12-16/h13-14,17H,4-12H2,1-3H3. The van der Waals surface area contributed by atoms with E-state index in [0.717, 1.165) is 32.2 Å². The normalized spacial score (nSPS) is 30.3. The topological polar surface area (TPSA) is 32.3 Å². The quantitative estimate of drug-likeness (QED) is 0.848. The van der Waals surface area contributed by atoms with Gasteiger partial charge in [-0.15, -0.1) is 0 Å². The molecule has 0 aromatic carbocycles. The van der Waals surface area contributed by atoms with Crippen molar-refractivity contribution < 1.29 is 4.79 Å². The maximum atomic E-state index is 12.7. The van der Waals surface area contributed by atoms with Crippen LogP contribution in [0.4, 0.5) is 0 Å². The lowest BCUT2D eigenvalue weighted by molar-refractivity contribution is -0.142. The van der Waals surface area contributed by atoms with Crippen LogP contribution >= 0.6 is 0 Å². The van der Waals surface area contributed by atoms with Gasteiger partial charge in [0.15, 0.2) is 0 Å². The third kappa shape index (κ3) is 3.31. The molecule has 2 fully saturated rings. The summed E-state index contributed by atoms with van der Waals surface area (Å²) < 4.78 is 0. The third-order valence-corrected chi connectivity index (χ3v) is 5.28. The zero-order chi connectivity index (χ0) is 13.9. The molecule has 19 heavy (non-hydrogen) atoms. The van der Waals surface area contributed by atoms with E-state index in [0.29, 0.717) is 18.0 Å². The Bertz CT molecular complexity index is 302. The van der Waals surface area contributed by atoms with Gasteiger partial charge in [-0.3, -0.25) is 4.79 Å². The lowest BCUT2D eigenvalue weighted by Crippen LogP contribution is -2.47. The van der Waals surface area contributed by atoms with Crippen LogP contribution in [0, 0.1) is 5.41 Å². The molecule has 2 aliphatic rings. The van der Waals surface area contributed by atoms with E-state index < -0.39 is 0 Å². The molecular formula is C16H30N2O. The number of hydrogen-bond donors (Lipinski definition) is 1. The Hall–Kier alpha value is -0.570. The fourth-order valence-electron chi connectivity index (χ4n) is 3.92. The minimum Gasteiger partial charge on any atom is -0.342 e. The molecule has 0 spiro atoms. The summed E-state index contributed by atoms with van der Waals surface area (Å²) in [5.74, 6) is 0.400. The Labute approximate surface area is 118 Å². The van der Waals surface area contributed by atoms with Crippen LogP contribution in [-0.2, 0) is 4.79 Å². The summed E-state index contributed by atoms with van der Waals surface area (Å²) in [6, 6.07) is 1.15. The van der Waals surface area contributed by atoms with Gasteiger partial charge in [-0.2, -0.15) is 0 Å². The van der Waals surface area contributed by atoms with Gasteiger partial charge in [0.2, 0.25) is 5.91 Å². The Morgan fingerprint density at radius 2 is 1.79 bits per heavy atom. The fourth-order valence-corrected chi connectivity index (χ4v) is 3.92. The summed E-state index contributed by atoms with van der Waals surface area (Å²) >= 11 is 0. The summed E-state index contributed by atoms with van der Waals surface area (Å²) in [7, 11) is 2.03. The molecule has 0 aliphatic heterocycles. The van der Waals surface area contributed by atoms with Crippen LogP contribution in [0.1, 0.15) is 65.2 Å². The highest BCUT2D eigenvalue weighted by molar-refractivity contribution is 5.82. The molecule has 3 nitrogen and oxygen atoms in total. The van der Waals surface area contributed by atoms with E-state index in [2.05, 4.69) is 24.1 Å². The van der Waals surface area contributed by atoms with Crippen molar-refractivity contribution in [3.05, 3.63) is 0 Å². The van der Waals surface area contributed by atoms with Crippen molar-refractivity contribution in [3.8, 4) is 0 Å². The molecule has 0 atom stereocenters. The van der Waals surface area contributed by atoms with Gasteiger partial charge in [0, 0.05) is 24.5 Å². The van der Waals surface area contributed by atoms with Crippen molar-refractivity contribution in [3.63, 3.8) is 0 Å². The number of carbonyl (C=O) groups excluding carboxylic acids is 1. The van der Waals surface area contributed by atoms with E-state index in [1.54, 1.807) is 0 Å². The summed E-state index contributed by atoms with van der Waals surface area (Å²) in [6.07, 6.45) is 9.38. The largest absolute Gasteiger partial charge is 0.342 e. The van der Waals surface area contributed by atoms with Crippen LogP contribution in [-0.4, -0.2) is 36.5 Å². The molecule has 110 valence electrons. The van der Waals surface area contributed by atoms with Gasteiger partial charge in [0.05, 0.1) is 0 Å². The average Bonchev–Trinajstić information content (AvgIpc) is 2.86. The van der Waals surface area contributed by atoms with E-state index in [1.807, 2.05) is 7.05 Å². The van der Waals surface area contributed by atoms with Gasteiger partial charge >= 0.3 is 0 Å². The van der Waals surface area contributed by atoms with Gasteiger partial charge < -0.3 is 10.2 Å². The maximum Gasteiger partial charge on any atom is 0.228 e. The molecule has 2 rings (SSSR count). The lowest BCUT2D eigenvalue weighted by Gasteiger charge is -2.38. The first kappa shape index (κ1) is 14.8. The van der Waals surface area contributed by atoms with Crippen LogP contribution in [0.2, 0.25) is 0 Å². The zero-order valence-electron chi connectivity index (χ0n) is 12.9. The van der Waals surface area contributed by atoms with Crippen LogP contribution < -0.4 is 5.32 Å². The minimum absolute atomic E-state index is 0.0622. The molecule has 1 N–H and O–H groups in total. The SMILES string of the molecule is CCNC1CCC(N(C)C(=O)C2(C)CCCC2)CC1. The number of hydrogen-bond acceptors (Lipinski definition) is 2. The Morgan fingerprint density at radius 1 is 1.21 bits per heavy atom. The second-order valence-corrected chi connectivity index (χ2v) is 6.75. The molecule has 0 radical (unpaired) electrons. The molecular weight excluding hydrogens is 236 g/mol. The predicted octanol–water partition coefficient (Wildman–Crippen LogP) is 2.95. The summed E-state index contributed by atoms with van der Waals surface area (Å²) in [4.78, 5) is 14.8. The van der Waals surface area contributed by atoms with Gasteiger partial charge in [-0.1, -0.05) is 26.7 Å². The monoisotopic (exact) mass is 266 g/mol. The minimum atomic E-state index is -0.0622. The fraction of sp³-hybridized carbons (Fsp3) is 0.938. The molecule has 0 unspecified atom stereocenters. The van der Waals surface area contributed by atoms with E-state index in [4.69, 9.17) is 0 Å². The molecule has 0 bridgehead atoms. The second-order valence-electron chi connectivity index (χ2n) is 6.75. The van der Waals surface area contributed by atoms with Gasteiger partial charge in [0.25, 0.3) is 0 Å². The van der Waals surface area contributed by atoms with Crippen molar-refractivity contribution >= 4 is 5.91 Å². The maximum absolute atomic E-state index is 12.7. The van der Waals surface area contributed by atoms with Crippen molar-refractivity contribution in [2.75, 3.05) is 13.6 Å². The molecule has 1 amide bonds. The van der Waals surface area contributed by atoms with E-state index >= 15 is 0 Å². The summed E-state index contributed by atoms with van der Waals surface area (Å²) in [5, 5.41) is 3.53. The van der Waals surface area contributed by atoms with Gasteiger partial charge in [-0.05, 0) is 45.1 Å². The van der Waals surface area contributed by atoms with Crippen molar-refractivity contribution in [1.29, 1.82) is 0 Å². The van der Waals surface area contributed by atoms with E-state index in [-0.39, 0.29) is 5.41 Å².